The van der Waals surface area contributed by atoms with Crippen LogP contribution in [0.3, 0.4) is 0 Å². The summed E-state index contributed by atoms with van der Waals surface area (Å²) in [5.41, 5.74) is 0.198. The quantitative estimate of drug-likeness (QED) is 0.645. The first-order valence-electron chi connectivity index (χ1n) is 7.01. The molecule has 23 heavy (non-hydrogen) atoms. The number of alkyl halides is 3. The molecule has 0 radical (unpaired) electrons. The highest BCUT2D eigenvalue weighted by Crippen LogP contribution is 2.32. The average Bonchev–Trinajstić information content (AvgIpc) is 2.46. The molecule has 3 nitrogen and oxygen atoms in total. The first-order chi connectivity index (χ1) is 10.4. The maximum atomic E-state index is 14.1. The maximum absolute atomic E-state index is 14.1. The van der Waals surface area contributed by atoms with Gasteiger partial charge < -0.3 is 10.1 Å². The summed E-state index contributed by atoms with van der Waals surface area (Å²) in [6.07, 6.45) is -2.70. The van der Waals surface area contributed by atoms with E-state index in [1.165, 1.54) is 0 Å². The van der Waals surface area contributed by atoms with Gasteiger partial charge in [0.05, 0.1) is 0 Å². The molecule has 1 aliphatic rings. The fourth-order valence-electron chi connectivity index (χ4n) is 2.60. The van der Waals surface area contributed by atoms with Crippen molar-refractivity contribution >= 4 is 12.4 Å². The predicted molar refractivity (Wildman–Crippen MR) is 82.3 cm³/mol. The highest BCUT2D eigenvalue weighted by Gasteiger charge is 2.32. The number of rotatable bonds is 5. The molecule has 1 saturated heterocycles. The Morgan fingerprint density at radius 3 is 2.52 bits per heavy atom. The van der Waals surface area contributed by atoms with E-state index < -0.39 is 17.9 Å². The summed E-state index contributed by atoms with van der Waals surface area (Å²) < 4.78 is 55.0. The van der Waals surface area contributed by atoms with Gasteiger partial charge in [-0.3, -0.25) is 4.90 Å². The Morgan fingerprint density at radius 1 is 1.30 bits per heavy atom. The van der Waals surface area contributed by atoms with E-state index in [4.69, 9.17) is 0 Å². The van der Waals surface area contributed by atoms with E-state index in [2.05, 4.69) is 16.6 Å². The third kappa shape index (κ3) is 5.67. The lowest BCUT2D eigenvalue weighted by atomic mass is 10.00. The van der Waals surface area contributed by atoms with Crippen LogP contribution in [-0.4, -0.2) is 37.4 Å². The summed E-state index contributed by atoms with van der Waals surface area (Å²) in [6.45, 7) is 6.57. The summed E-state index contributed by atoms with van der Waals surface area (Å²) in [7, 11) is 0. The van der Waals surface area contributed by atoms with E-state index in [1.807, 2.05) is 4.90 Å². The second kappa shape index (κ2) is 8.52. The maximum Gasteiger partial charge on any atom is 0.573 e. The molecular weight excluding hydrogens is 336 g/mol. The van der Waals surface area contributed by atoms with Gasteiger partial charge in [-0.2, -0.15) is 0 Å². The molecule has 1 heterocycles. The van der Waals surface area contributed by atoms with Gasteiger partial charge in [-0.05, 0) is 24.6 Å². The molecule has 1 atom stereocenters. The van der Waals surface area contributed by atoms with Crippen LogP contribution >= 0.6 is 12.4 Å². The van der Waals surface area contributed by atoms with E-state index >= 15 is 0 Å². The van der Waals surface area contributed by atoms with E-state index in [-0.39, 0.29) is 24.0 Å². The fraction of sp³-hybridized carbons (Fsp3) is 0.467. The summed E-state index contributed by atoms with van der Waals surface area (Å²) in [5, 5.41) is 3.19. The minimum absolute atomic E-state index is 0. The average molecular weight is 355 g/mol. The van der Waals surface area contributed by atoms with Crippen LogP contribution in [0.2, 0.25) is 0 Å². The predicted octanol–water partition coefficient (Wildman–Crippen LogP) is 3.67. The number of hydrogen-bond donors (Lipinski definition) is 1. The molecule has 0 aromatic heterocycles. The number of nitrogens with one attached hydrogen (secondary N) is 1. The van der Waals surface area contributed by atoms with Crippen molar-refractivity contribution in [3.63, 3.8) is 0 Å². The Morgan fingerprint density at radius 2 is 1.96 bits per heavy atom. The van der Waals surface area contributed by atoms with Crippen LogP contribution in [0.1, 0.15) is 18.0 Å². The first kappa shape index (κ1) is 19.7. The SMILES string of the molecule is C=CC[C@@H](c1cc(OC(F)(F)F)ccc1F)N1CCNCC1.Cl. The molecule has 1 fully saturated rings. The van der Waals surface area contributed by atoms with E-state index in [9.17, 15) is 17.6 Å². The molecular formula is C15H19ClF4N2O. The third-order valence-electron chi connectivity index (χ3n) is 3.54. The minimum atomic E-state index is -4.79. The highest BCUT2D eigenvalue weighted by atomic mass is 35.5. The number of piperazine rings is 1. The molecule has 0 bridgehead atoms. The standard InChI is InChI=1S/C15H18F4N2O.ClH/c1-2-3-14(21-8-6-20-7-9-21)12-10-11(4-5-13(12)16)22-15(17,18)19;/h2,4-5,10,14,20H,1,3,6-9H2;1H/t14-;/m0./s1. The van der Waals surface area contributed by atoms with Crippen molar-refractivity contribution in [1.29, 1.82) is 0 Å². The van der Waals surface area contributed by atoms with Gasteiger partial charge in [0.1, 0.15) is 11.6 Å². The summed E-state index contributed by atoms with van der Waals surface area (Å²) in [4.78, 5) is 2.04. The molecule has 1 aromatic carbocycles. The lowest BCUT2D eigenvalue weighted by Gasteiger charge is -2.35. The molecule has 1 N–H and O–H groups in total. The van der Waals surface area contributed by atoms with Crippen LogP contribution in [0.4, 0.5) is 17.6 Å². The minimum Gasteiger partial charge on any atom is -0.406 e. The Balaban J connectivity index is 0.00000264. The van der Waals surface area contributed by atoms with Crippen molar-refractivity contribution in [2.75, 3.05) is 26.2 Å². The fourth-order valence-corrected chi connectivity index (χ4v) is 2.60. The van der Waals surface area contributed by atoms with Crippen LogP contribution in [0.15, 0.2) is 30.9 Å². The van der Waals surface area contributed by atoms with E-state index in [1.54, 1.807) is 6.08 Å². The van der Waals surface area contributed by atoms with Crippen molar-refractivity contribution in [1.82, 2.24) is 10.2 Å². The Kier molecular flexibility index (Phi) is 7.31. The molecule has 0 spiro atoms. The Hall–Kier alpha value is -1.31. The molecule has 0 amide bonds. The molecule has 0 aliphatic carbocycles. The van der Waals surface area contributed by atoms with Gasteiger partial charge in [0, 0.05) is 37.8 Å². The lowest BCUT2D eigenvalue weighted by molar-refractivity contribution is -0.274. The zero-order chi connectivity index (χ0) is 16.2. The number of hydrogen-bond acceptors (Lipinski definition) is 3. The van der Waals surface area contributed by atoms with Gasteiger partial charge >= 0.3 is 6.36 Å². The second-order valence-corrected chi connectivity index (χ2v) is 5.06. The first-order valence-corrected chi connectivity index (χ1v) is 7.01. The topological polar surface area (TPSA) is 24.5 Å². The van der Waals surface area contributed by atoms with Crippen molar-refractivity contribution in [2.45, 2.75) is 18.8 Å². The van der Waals surface area contributed by atoms with Gasteiger partial charge in [-0.1, -0.05) is 6.08 Å². The smallest absolute Gasteiger partial charge is 0.406 e. The molecule has 8 heteroatoms. The lowest BCUT2D eigenvalue weighted by Crippen LogP contribution is -2.45. The van der Waals surface area contributed by atoms with Crippen molar-refractivity contribution in [2.24, 2.45) is 0 Å². The summed E-state index contributed by atoms with van der Waals surface area (Å²) in [5.74, 6) is -0.951. The molecule has 130 valence electrons. The third-order valence-corrected chi connectivity index (χ3v) is 3.54. The summed E-state index contributed by atoms with van der Waals surface area (Å²) >= 11 is 0. The van der Waals surface area contributed by atoms with Crippen LogP contribution in [0.25, 0.3) is 0 Å². The largest absolute Gasteiger partial charge is 0.573 e. The number of nitrogens with zero attached hydrogens (tertiary/aromatic N) is 1. The van der Waals surface area contributed by atoms with Crippen LogP contribution in [-0.2, 0) is 0 Å². The molecule has 2 rings (SSSR count). The van der Waals surface area contributed by atoms with Crippen LogP contribution in [0, 0.1) is 5.82 Å². The van der Waals surface area contributed by atoms with E-state index in [0.29, 0.717) is 19.5 Å². The summed E-state index contributed by atoms with van der Waals surface area (Å²) in [6, 6.07) is 2.76. The highest BCUT2D eigenvalue weighted by molar-refractivity contribution is 5.85. The number of ether oxygens (including phenoxy) is 1. The molecule has 1 aromatic rings. The normalized spacial score (nSPS) is 17.2. The van der Waals surface area contributed by atoms with Gasteiger partial charge in [0.15, 0.2) is 0 Å². The van der Waals surface area contributed by atoms with Crippen LogP contribution in [0.5, 0.6) is 5.75 Å². The molecule has 0 saturated carbocycles. The zero-order valence-corrected chi connectivity index (χ0v) is 13.2. The molecule has 0 unspecified atom stereocenters. The molecule has 1 aliphatic heterocycles. The second-order valence-electron chi connectivity index (χ2n) is 5.06. The monoisotopic (exact) mass is 354 g/mol. The van der Waals surface area contributed by atoms with Crippen molar-refractivity contribution in [3.05, 3.63) is 42.2 Å². The number of benzene rings is 1. The zero-order valence-electron chi connectivity index (χ0n) is 12.4. The number of halogens is 5. The van der Waals surface area contributed by atoms with E-state index in [0.717, 1.165) is 31.3 Å². The Bertz CT molecular complexity index is 519. The van der Waals surface area contributed by atoms with Crippen molar-refractivity contribution in [3.8, 4) is 5.75 Å². The van der Waals surface area contributed by atoms with Crippen LogP contribution < -0.4 is 10.1 Å². The van der Waals surface area contributed by atoms with Crippen molar-refractivity contribution < 1.29 is 22.3 Å². The van der Waals surface area contributed by atoms with Gasteiger partial charge in [-0.25, -0.2) is 4.39 Å². The Labute approximate surface area is 138 Å². The van der Waals surface area contributed by atoms with Gasteiger partial charge in [0.25, 0.3) is 0 Å². The van der Waals surface area contributed by atoms with Gasteiger partial charge in [-0.15, -0.1) is 32.2 Å². The van der Waals surface area contributed by atoms with Gasteiger partial charge in [0.2, 0.25) is 0 Å².